The molecule has 0 aromatic carbocycles. The van der Waals surface area contributed by atoms with Crippen molar-refractivity contribution in [3.63, 3.8) is 0 Å². The molecule has 99 valence electrons. The number of hydrogen-bond donors (Lipinski definition) is 0. The summed E-state index contributed by atoms with van der Waals surface area (Å²) in [4.78, 5) is 0. The maximum Gasteiger partial charge on any atom is 2.00 e. The average Bonchev–Trinajstić information content (AvgIpc) is 2.88. The minimum atomic E-state index is 0. The molecule has 2 heteroatoms. The zero-order valence-electron chi connectivity index (χ0n) is 12.9. The maximum absolute atomic E-state index is 3.36. The van der Waals surface area contributed by atoms with Crippen molar-refractivity contribution in [1.29, 1.82) is 0 Å². The van der Waals surface area contributed by atoms with E-state index in [4.69, 9.17) is 0 Å². The number of allylic oxidation sites excluding steroid dienone is 8. The summed E-state index contributed by atoms with van der Waals surface area (Å²) in [5.74, 6) is 0.560. The van der Waals surface area contributed by atoms with E-state index in [1.54, 1.807) is 12.1 Å². The van der Waals surface area contributed by atoms with Crippen LogP contribution in [0.5, 0.6) is 0 Å². The van der Waals surface area contributed by atoms with Crippen LogP contribution in [0.25, 0.3) is 0 Å². The van der Waals surface area contributed by atoms with Crippen LogP contribution in [0.2, 0.25) is 12.1 Å². The van der Waals surface area contributed by atoms with E-state index in [9.17, 15) is 0 Å². The molecule has 0 saturated carbocycles. The van der Waals surface area contributed by atoms with Gasteiger partial charge in [-0.15, -0.1) is 13.3 Å². The van der Waals surface area contributed by atoms with Gasteiger partial charge in [0.05, 0.1) is 0 Å². The topological polar surface area (TPSA) is 0 Å². The van der Waals surface area contributed by atoms with Crippen molar-refractivity contribution in [2.24, 2.45) is 5.92 Å². The van der Waals surface area contributed by atoms with Gasteiger partial charge in [-0.1, -0.05) is 45.2 Å². The van der Waals surface area contributed by atoms with E-state index in [0.29, 0.717) is 5.92 Å². The number of hydrogen-bond acceptors (Lipinski definition) is 0. The fourth-order valence-electron chi connectivity index (χ4n) is 1.71. The molecular formula is C17H25SiZn. The summed E-state index contributed by atoms with van der Waals surface area (Å²) in [6.07, 6.45) is 14.9. The van der Waals surface area contributed by atoms with Gasteiger partial charge >= 0.3 is 19.5 Å². The molecule has 19 heavy (non-hydrogen) atoms. The third kappa shape index (κ3) is 7.23. The first kappa shape index (κ1) is 18.8. The van der Waals surface area contributed by atoms with E-state index in [-0.39, 0.29) is 19.5 Å². The molecule has 0 aromatic heterocycles. The molecule has 3 aliphatic rings. The van der Waals surface area contributed by atoms with E-state index in [2.05, 4.69) is 45.9 Å². The van der Waals surface area contributed by atoms with Gasteiger partial charge in [-0.25, -0.2) is 17.7 Å². The fourth-order valence-corrected chi connectivity index (χ4v) is 2.11. The molecule has 0 nitrogen and oxygen atoms in total. The van der Waals surface area contributed by atoms with Crippen LogP contribution < -0.4 is 0 Å². The van der Waals surface area contributed by atoms with Crippen LogP contribution in [0, 0.1) is 18.1 Å². The Morgan fingerprint density at radius 2 is 1.79 bits per heavy atom. The molecule has 0 amide bonds. The van der Waals surface area contributed by atoms with Gasteiger partial charge in [0.25, 0.3) is 0 Å². The van der Waals surface area contributed by atoms with E-state index >= 15 is 0 Å². The van der Waals surface area contributed by atoms with Crippen molar-refractivity contribution >= 4 is 9.52 Å². The van der Waals surface area contributed by atoms with E-state index < -0.39 is 0 Å². The van der Waals surface area contributed by atoms with Gasteiger partial charge in [-0.05, 0) is 0 Å². The Bertz CT molecular complexity index is 357. The van der Waals surface area contributed by atoms with Crippen LogP contribution in [0.15, 0.2) is 34.9 Å². The molecule has 1 radical (unpaired) electrons. The molecular weight excluding hydrogens is 298 g/mol. The third-order valence-electron chi connectivity index (χ3n) is 3.64. The second-order valence-corrected chi connectivity index (χ2v) is 6.75. The summed E-state index contributed by atoms with van der Waals surface area (Å²) in [6.45, 7) is 8.67. The molecule has 1 aliphatic heterocycles. The molecule has 0 spiro atoms. The number of rotatable bonds is 0. The van der Waals surface area contributed by atoms with E-state index in [0.717, 1.165) is 15.9 Å². The van der Waals surface area contributed by atoms with Gasteiger partial charge in [0, 0.05) is 9.52 Å². The first-order valence-corrected chi connectivity index (χ1v) is 8.57. The van der Waals surface area contributed by atoms with Gasteiger partial charge in [-0.2, -0.15) is 17.2 Å². The first-order valence-electron chi connectivity index (χ1n) is 6.94. The Hall–Kier alpha value is -0.200. The summed E-state index contributed by atoms with van der Waals surface area (Å²) < 4.78 is 0. The van der Waals surface area contributed by atoms with Crippen LogP contribution in [0.4, 0.5) is 0 Å². The molecule has 1 heterocycles. The van der Waals surface area contributed by atoms with Gasteiger partial charge in [0.1, 0.15) is 0 Å². The smallest absolute Gasteiger partial charge is 0.273 e. The normalized spacial score (nSPS) is 22.5. The maximum atomic E-state index is 3.36. The monoisotopic (exact) mass is 321 g/mol. The van der Waals surface area contributed by atoms with Gasteiger partial charge < -0.3 is 0 Å². The molecule has 1 fully saturated rings. The van der Waals surface area contributed by atoms with Gasteiger partial charge in [0.2, 0.25) is 0 Å². The van der Waals surface area contributed by atoms with Crippen molar-refractivity contribution in [3.05, 3.63) is 47.1 Å². The summed E-state index contributed by atoms with van der Waals surface area (Å²) in [6, 6.07) is 3.17. The van der Waals surface area contributed by atoms with Crippen LogP contribution >= 0.6 is 0 Å². The van der Waals surface area contributed by atoms with Gasteiger partial charge in [0.15, 0.2) is 0 Å². The zero-order chi connectivity index (χ0) is 13.4. The average molecular weight is 323 g/mol. The Kier molecular flexibility index (Phi) is 10.5. The van der Waals surface area contributed by atoms with Crippen LogP contribution in [0.3, 0.4) is 0 Å². The Balaban J connectivity index is 0.000000274. The minimum absolute atomic E-state index is 0. The first-order chi connectivity index (χ1) is 8.63. The molecule has 0 bridgehead atoms. The van der Waals surface area contributed by atoms with Gasteiger partial charge in [-0.3, -0.25) is 12.2 Å². The zero-order valence-corrected chi connectivity index (χ0v) is 17.0. The molecule has 0 aromatic rings. The summed E-state index contributed by atoms with van der Waals surface area (Å²) in [5, 5.41) is 0. The second kappa shape index (κ2) is 10.6. The van der Waals surface area contributed by atoms with Crippen LogP contribution in [-0.4, -0.2) is 9.52 Å². The van der Waals surface area contributed by atoms with Crippen molar-refractivity contribution in [2.45, 2.75) is 52.6 Å². The Labute approximate surface area is 134 Å². The van der Waals surface area contributed by atoms with Crippen molar-refractivity contribution in [3.8, 4) is 0 Å². The Morgan fingerprint density at radius 1 is 1.21 bits per heavy atom. The van der Waals surface area contributed by atoms with E-state index in [1.807, 2.05) is 12.2 Å². The van der Waals surface area contributed by atoms with Crippen molar-refractivity contribution < 1.29 is 19.5 Å². The standard InChI is InChI=1S/C9H13.C5H5.C3H7Si.Zn/c1-6-5-7(2)9(4)8(6)3;1-2-4-5-3-1;1-2-4-3-1;/h6H,1-4H3;1-3H,4H2;4H,1-3H2;/q2*-1;;+2. The predicted octanol–water partition coefficient (Wildman–Crippen LogP) is 4.69. The summed E-state index contributed by atoms with van der Waals surface area (Å²) in [7, 11) is 0.963. The SMILES string of the molecule is C1C[SiH]C1.CC1=[C-]C(C)C(C)=C1C.[C-]1=CC=CC1.[Zn+2]. The molecule has 1 unspecified atom stereocenters. The molecule has 1 saturated heterocycles. The third-order valence-corrected chi connectivity index (χ3v) is 5.27. The Morgan fingerprint density at radius 3 is 1.89 bits per heavy atom. The summed E-state index contributed by atoms with van der Waals surface area (Å²) >= 11 is 0. The fraction of sp³-hybridized carbons (Fsp3) is 0.529. The van der Waals surface area contributed by atoms with Crippen LogP contribution in [-0.2, 0) is 19.5 Å². The summed E-state index contributed by atoms with van der Waals surface area (Å²) in [5.41, 5.74) is 4.25. The largest absolute Gasteiger partial charge is 2.00 e. The van der Waals surface area contributed by atoms with E-state index in [1.165, 1.54) is 23.1 Å². The second-order valence-electron chi connectivity index (χ2n) is 5.02. The van der Waals surface area contributed by atoms with Crippen molar-refractivity contribution in [2.75, 3.05) is 0 Å². The quantitative estimate of drug-likeness (QED) is 0.448. The van der Waals surface area contributed by atoms with Crippen LogP contribution in [0.1, 0.15) is 40.5 Å². The predicted molar refractivity (Wildman–Crippen MR) is 82.9 cm³/mol. The molecule has 0 N–H and O–H groups in total. The molecule has 2 aliphatic carbocycles. The molecule has 1 atom stereocenters. The molecule has 3 rings (SSSR count). The van der Waals surface area contributed by atoms with Crippen molar-refractivity contribution in [1.82, 2.24) is 0 Å². The minimum Gasteiger partial charge on any atom is -0.273 e.